The summed E-state index contributed by atoms with van der Waals surface area (Å²) in [6.45, 7) is -0.582. The van der Waals surface area contributed by atoms with Gasteiger partial charge in [0.05, 0.1) is 13.2 Å². The maximum atomic E-state index is 11.4. The van der Waals surface area contributed by atoms with E-state index in [-0.39, 0.29) is 19.6 Å². The molecular weight excluding hydrogens is 366 g/mol. The molecule has 2 atom stereocenters. The van der Waals surface area contributed by atoms with E-state index >= 15 is 0 Å². The largest absolute Gasteiger partial charge is 0.385 e. The summed E-state index contributed by atoms with van der Waals surface area (Å²) < 4.78 is 42.2. The normalized spacial score (nSPS) is 16.4. The van der Waals surface area contributed by atoms with Crippen LogP contribution >= 0.6 is 16.5 Å². The maximum Gasteiger partial charge on any atom is 0.318 e. The summed E-state index contributed by atoms with van der Waals surface area (Å²) in [5.41, 5.74) is -0.677. The Bertz CT molecular complexity index is 725. The molecule has 25 heavy (non-hydrogen) atoms. The molecule has 1 N–H and O–H groups in total. The molecule has 0 radical (unpaired) electrons. The Kier molecular flexibility index (Phi) is 7.79. The number of rotatable bonds is 10. The summed E-state index contributed by atoms with van der Waals surface area (Å²) in [6.07, 6.45) is 0.159. The molecular formula is C16H22O7P2. The van der Waals surface area contributed by atoms with Gasteiger partial charge < -0.3 is 23.2 Å². The molecule has 0 amide bonds. The zero-order valence-electron chi connectivity index (χ0n) is 14.1. The van der Waals surface area contributed by atoms with E-state index in [9.17, 15) is 14.2 Å². The van der Waals surface area contributed by atoms with Crippen LogP contribution in [-0.2, 0) is 33.6 Å². The summed E-state index contributed by atoms with van der Waals surface area (Å²) in [7, 11) is -2.90. The van der Waals surface area contributed by atoms with Crippen LogP contribution in [0.3, 0.4) is 0 Å². The third-order valence-electron chi connectivity index (χ3n) is 3.65. The Hall–Kier alpha value is -1.04. The minimum absolute atomic E-state index is 0.159. The quantitative estimate of drug-likeness (QED) is 0.625. The fourth-order valence-electron chi connectivity index (χ4n) is 2.45. The molecule has 0 aromatic heterocycles. The number of hydrogen-bond donors (Lipinski definition) is 1. The minimum Gasteiger partial charge on any atom is -0.385 e. The second kappa shape index (κ2) is 9.60. The van der Waals surface area contributed by atoms with Crippen LogP contribution in [0.15, 0.2) is 42.5 Å². The van der Waals surface area contributed by atoms with Gasteiger partial charge in [0.2, 0.25) is 0 Å². The fraction of sp³-hybridized carbons (Fsp3) is 0.375. The van der Waals surface area contributed by atoms with Gasteiger partial charge in [-0.15, -0.1) is 0 Å². The number of fused-ring (bicyclic) bond motifs is 1. The molecule has 0 saturated carbocycles. The smallest absolute Gasteiger partial charge is 0.318 e. The molecule has 138 valence electrons. The van der Waals surface area contributed by atoms with Crippen LogP contribution < -0.4 is 0 Å². The van der Waals surface area contributed by atoms with Crippen molar-refractivity contribution in [1.29, 1.82) is 0 Å². The van der Waals surface area contributed by atoms with Gasteiger partial charge in [0.15, 0.2) is 0 Å². The van der Waals surface area contributed by atoms with Crippen LogP contribution in [0.25, 0.3) is 10.8 Å². The maximum absolute atomic E-state index is 11.4. The monoisotopic (exact) mass is 388 g/mol. The number of benzene rings is 2. The van der Waals surface area contributed by atoms with Crippen LogP contribution in [0.2, 0.25) is 0 Å². The van der Waals surface area contributed by atoms with E-state index in [1.165, 1.54) is 14.2 Å². The van der Waals surface area contributed by atoms with Crippen molar-refractivity contribution in [2.24, 2.45) is 0 Å². The molecule has 0 aliphatic rings. The Labute approximate surface area is 147 Å². The molecule has 2 aromatic carbocycles. The van der Waals surface area contributed by atoms with Gasteiger partial charge in [0, 0.05) is 20.6 Å². The zero-order valence-corrected chi connectivity index (χ0v) is 16.1. The molecule has 0 heterocycles. The minimum atomic E-state index is -2.71. The van der Waals surface area contributed by atoms with E-state index in [1.54, 1.807) is 0 Å². The van der Waals surface area contributed by atoms with Crippen LogP contribution in [0.4, 0.5) is 0 Å². The molecule has 0 saturated heterocycles. The van der Waals surface area contributed by atoms with Gasteiger partial charge in [0.1, 0.15) is 5.60 Å². The number of aliphatic hydroxyl groups is 1. The van der Waals surface area contributed by atoms with Gasteiger partial charge >= 0.3 is 16.5 Å². The van der Waals surface area contributed by atoms with Gasteiger partial charge in [-0.05, 0) is 16.3 Å². The highest BCUT2D eigenvalue weighted by Crippen LogP contribution is 2.31. The second-order valence-electron chi connectivity index (χ2n) is 5.52. The van der Waals surface area contributed by atoms with Crippen molar-refractivity contribution >= 4 is 27.3 Å². The lowest BCUT2D eigenvalue weighted by Gasteiger charge is -2.27. The molecule has 9 heteroatoms. The summed E-state index contributed by atoms with van der Waals surface area (Å²) >= 11 is 0. The molecule has 2 unspecified atom stereocenters. The lowest BCUT2D eigenvalue weighted by atomic mass is 9.92. The van der Waals surface area contributed by atoms with Gasteiger partial charge in [0.25, 0.3) is 0 Å². The van der Waals surface area contributed by atoms with Crippen LogP contribution in [0.1, 0.15) is 5.56 Å². The van der Waals surface area contributed by atoms with Crippen molar-refractivity contribution < 1.29 is 32.3 Å². The van der Waals surface area contributed by atoms with E-state index in [2.05, 4.69) is 9.05 Å². The molecule has 0 bridgehead atoms. The Morgan fingerprint density at radius 2 is 1.48 bits per heavy atom. The molecule has 0 spiro atoms. The van der Waals surface area contributed by atoms with E-state index in [1.807, 2.05) is 42.5 Å². The van der Waals surface area contributed by atoms with Crippen molar-refractivity contribution in [2.75, 3.05) is 27.4 Å². The molecule has 0 fully saturated rings. The zero-order chi connectivity index (χ0) is 18.3. The van der Waals surface area contributed by atoms with Crippen LogP contribution in [-0.4, -0.2) is 38.1 Å². The van der Waals surface area contributed by atoms with Crippen molar-refractivity contribution in [3.05, 3.63) is 48.0 Å². The predicted octanol–water partition coefficient (Wildman–Crippen LogP) is 3.22. The summed E-state index contributed by atoms with van der Waals surface area (Å²) in [6, 6.07) is 13.5. The Morgan fingerprint density at radius 1 is 0.920 bits per heavy atom. The average Bonchev–Trinajstić information content (AvgIpc) is 2.64. The van der Waals surface area contributed by atoms with Gasteiger partial charge in [-0.2, -0.15) is 0 Å². The van der Waals surface area contributed by atoms with Crippen molar-refractivity contribution in [3.8, 4) is 0 Å². The molecule has 0 aliphatic carbocycles. The van der Waals surface area contributed by atoms with E-state index < -0.39 is 22.1 Å². The molecule has 0 aliphatic heterocycles. The fourth-order valence-corrected chi connectivity index (χ4v) is 3.46. The topological polar surface area (TPSA) is 91.3 Å². The number of hydrogen-bond acceptors (Lipinski definition) is 7. The van der Waals surface area contributed by atoms with Crippen molar-refractivity contribution in [1.82, 2.24) is 0 Å². The highest BCUT2D eigenvalue weighted by Gasteiger charge is 2.31. The highest BCUT2D eigenvalue weighted by molar-refractivity contribution is 7.33. The van der Waals surface area contributed by atoms with Gasteiger partial charge in [-0.25, -0.2) is 0 Å². The lowest BCUT2D eigenvalue weighted by molar-refractivity contribution is -0.0410. The van der Waals surface area contributed by atoms with Crippen LogP contribution in [0, 0.1) is 0 Å². The third kappa shape index (κ3) is 6.01. The average molecular weight is 388 g/mol. The third-order valence-corrected chi connectivity index (χ3v) is 5.08. The first-order chi connectivity index (χ1) is 12.0. The standard InChI is InChI=1S/C16H22O7P2/c1-20-24(18)22-11-16(17,12-23-25(19)21-2)10-14-8-5-7-13-6-3-4-9-15(13)14/h3-9,17,24-25H,10-12H2,1-2H3. The first-order valence-corrected chi connectivity index (χ1v) is 10.0. The second-order valence-corrected chi connectivity index (χ2v) is 7.92. The lowest BCUT2D eigenvalue weighted by Crippen LogP contribution is -2.41. The molecule has 2 aromatic rings. The predicted molar refractivity (Wildman–Crippen MR) is 96.5 cm³/mol. The van der Waals surface area contributed by atoms with E-state index in [4.69, 9.17) is 9.05 Å². The van der Waals surface area contributed by atoms with E-state index in [0.717, 1.165) is 16.3 Å². The first kappa shape index (κ1) is 20.3. The summed E-state index contributed by atoms with van der Waals surface area (Å²) in [5, 5.41) is 12.9. The Morgan fingerprint density at radius 3 is 2.08 bits per heavy atom. The molecule has 2 rings (SSSR count). The first-order valence-electron chi connectivity index (χ1n) is 7.58. The Balaban J connectivity index is 2.23. The molecule has 7 nitrogen and oxygen atoms in total. The van der Waals surface area contributed by atoms with Crippen molar-refractivity contribution in [2.45, 2.75) is 12.0 Å². The summed E-state index contributed by atoms with van der Waals surface area (Å²) in [5.74, 6) is 0. The highest BCUT2D eigenvalue weighted by atomic mass is 31.1. The summed E-state index contributed by atoms with van der Waals surface area (Å²) in [4.78, 5) is 0. The SMILES string of the molecule is CO[PH](=O)OCC(O)(CO[PH](=O)OC)Cc1cccc2ccccc12. The van der Waals surface area contributed by atoms with Gasteiger partial charge in [-0.1, -0.05) is 42.5 Å². The van der Waals surface area contributed by atoms with Gasteiger partial charge in [-0.3, -0.25) is 9.13 Å². The van der Waals surface area contributed by atoms with E-state index in [0.29, 0.717) is 0 Å². The van der Waals surface area contributed by atoms with Crippen molar-refractivity contribution in [3.63, 3.8) is 0 Å². The van der Waals surface area contributed by atoms with Crippen LogP contribution in [0.5, 0.6) is 0 Å².